The van der Waals surface area contributed by atoms with E-state index in [1.807, 2.05) is 0 Å². The molecular formula is C5H10N2O. The second-order valence-electron chi connectivity index (χ2n) is 1.68. The summed E-state index contributed by atoms with van der Waals surface area (Å²) in [5.74, 6) is -0.528. The van der Waals surface area contributed by atoms with Crippen LogP contribution in [0.15, 0.2) is 12.2 Å². The summed E-state index contributed by atoms with van der Waals surface area (Å²) in [6.45, 7) is 5.01. The lowest BCUT2D eigenvalue weighted by Gasteiger charge is -2.02. The van der Waals surface area contributed by atoms with Crippen molar-refractivity contribution in [3.8, 4) is 0 Å². The SMILES string of the molecule is C=C(C(N)=O)C(C)N. The maximum Gasteiger partial charge on any atom is 0.245 e. The Morgan fingerprint density at radius 1 is 1.75 bits per heavy atom. The molecule has 0 heterocycles. The number of hydrogen-bond donors (Lipinski definition) is 2. The van der Waals surface area contributed by atoms with Crippen molar-refractivity contribution in [1.29, 1.82) is 0 Å². The Kier molecular flexibility index (Phi) is 2.21. The van der Waals surface area contributed by atoms with Crippen molar-refractivity contribution in [3.63, 3.8) is 0 Å². The van der Waals surface area contributed by atoms with Crippen LogP contribution in [0.25, 0.3) is 0 Å². The molecule has 0 radical (unpaired) electrons. The first kappa shape index (κ1) is 7.17. The molecule has 3 nitrogen and oxygen atoms in total. The summed E-state index contributed by atoms with van der Waals surface area (Å²) in [5.41, 5.74) is 10.3. The first-order valence-corrected chi connectivity index (χ1v) is 2.30. The minimum atomic E-state index is -0.528. The Bertz CT molecular complexity index is 118. The standard InChI is InChI=1S/C5H10N2O/c1-3(4(2)6)5(7)8/h4H,1,6H2,2H3,(H2,7,8). The number of carbonyl (C=O) groups excluding carboxylic acids is 1. The average molecular weight is 114 g/mol. The van der Waals surface area contributed by atoms with Crippen LogP contribution >= 0.6 is 0 Å². The van der Waals surface area contributed by atoms with E-state index in [2.05, 4.69) is 6.58 Å². The zero-order valence-electron chi connectivity index (χ0n) is 4.85. The van der Waals surface area contributed by atoms with Crippen molar-refractivity contribution < 1.29 is 4.79 Å². The Labute approximate surface area is 48.4 Å². The zero-order chi connectivity index (χ0) is 6.73. The second kappa shape index (κ2) is 2.47. The van der Waals surface area contributed by atoms with Gasteiger partial charge in [-0.25, -0.2) is 0 Å². The Morgan fingerprint density at radius 2 is 2.12 bits per heavy atom. The minimum absolute atomic E-state index is 0.269. The maximum atomic E-state index is 10.2. The summed E-state index contributed by atoms with van der Waals surface area (Å²) in [5, 5.41) is 0. The van der Waals surface area contributed by atoms with Crippen LogP contribution < -0.4 is 11.5 Å². The summed E-state index contributed by atoms with van der Waals surface area (Å²) in [7, 11) is 0. The topological polar surface area (TPSA) is 69.1 Å². The fourth-order valence-electron chi connectivity index (χ4n) is 0.224. The van der Waals surface area contributed by atoms with Gasteiger partial charge < -0.3 is 11.5 Å². The lowest BCUT2D eigenvalue weighted by atomic mass is 10.1. The van der Waals surface area contributed by atoms with Gasteiger partial charge in [-0.1, -0.05) is 6.58 Å². The second-order valence-corrected chi connectivity index (χ2v) is 1.68. The molecule has 3 heteroatoms. The van der Waals surface area contributed by atoms with Crippen molar-refractivity contribution in [1.82, 2.24) is 0 Å². The van der Waals surface area contributed by atoms with E-state index < -0.39 is 5.91 Å². The maximum absolute atomic E-state index is 10.2. The van der Waals surface area contributed by atoms with E-state index in [4.69, 9.17) is 11.5 Å². The van der Waals surface area contributed by atoms with Crippen molar-refractivity contribution in [2.24, 2.45) is 11.5 Å². The minimum Gasteiger partial charge on any atom is -0.366 e. The molecular weight excluding hydrogens is 104 g/mol. The van der Waals surface area contributed by atoms with Gasteiger partial charge in [0.25, 0.3) is 0 Å². The van der Waals surface area contributed by atoms with Gasteiger partial charge in [-0.3, -0.25) is 4.79 Å². The lowest BCUT2D eigenvalue weighted by molar-refractivity contribution is -0.114. The molecule has 0 aliphatic carbocycles. The molecule has 0 aliphatic rings. The van der Waals surface area contributed by atoms with Crippen molar-refractivity contribution in [2.75, 3.05) is 0 Å². The number of nitrogens with two attached hydrogens (primary N) is 2. The highest BCUT2D eigenvalue weighted by Crippen LogP contribution is 1.91. The van der Waals surface area contributed by atoms with Crippen LogP contribution in [-0.4, -0.2) is 11.9 Å². The molecule has 0 bridgehead atoms. The monoisotopic (exact) mass is 114 g/mol. The number of primary amides is 1. The summed E-state index contributed by atoms with van der Waals surface area (Å²) in [4.78, 5) is 10.2. The van der Waals surface area contributed by atoms with Crippen LogP contribution in [0.5, 0.6) is 0 Å². The largest absolute Gasteiger partial charge is 0.366 e. The predicted octanol–water partition coefficient (Wildman–Crippen LogP) is -0.625. The quantitative estimate of drug-likeness (QED) is 0.469. The van der Waals surface area contributed by atoms with Gasteiger partial charge in [0.1, 0.15) is 0 Å². The molecule has 1 atom stereocenters. The van der Waals surface area contributed by atoms with E-state index in [9.17, 15) is 4.79 Å². The summed E-state index contributed by atoms with van der Waals surface area (Å²) < 4.78 is 0. The van der Waals surface area contributed by atoms with Crippen LogP contribution in [0.3, 0.4) is 0 Å². The molecule has 4 N–H and O–H groups in total. The average Bonchev–Trinajstić information content (AvgIpc) is 1.64. The van der Waals surface area contributed by atoms with Crippen molar-refractivity contribution in [2.45, 2.75) is 13.0 Å². The lowest BCUT2D eigenvalue weighted by Crippen LogP contribution is -2.27. The number of rotatable bonds is 2. The molecule has 1 amide bonds. The summed E-state index contributed by atoms with van der Waals surface area (Å²) >= 11 is 0. The highest BCUT2D eigenvalue weighted by molar-refractivity contribution is 5.92. The summed E-state index contributed by atoms with van der Waals surface area (Å²) in [6, 6.07) is -0.326. The van der Waals surface area contributed by atoms with Gasteiger partial charge in [0, 0.05) is 11.6 Å². The number of hydrogen-bond acceptors (Lipinski definition) is 2. The Hall–Kier alpha value is -0.830. The van der Waals surface area contributed by atoms with E-state index in [1.54, 1.807) is 6.92 Å². The fraction of sp³-hybridized carbons (Fsp3) is 0.400. The molecule has 0 aromatic carbocycles. The Morgan fingerprint density at radius 3 is 2.12 bits per heavy atom. The molecule has 0 rings (SSSR count). The van der Waals surface area contributed by atoms with Gasteiger partial charge in [-0.05, 0) is 6.92 Å². The smallest absolute Gasteiger partial charge is 0.245 e. The van der Waals surface area contributed by atoms with Crippen LogP contribution in [-0.2, 0) is 4.79 Å². The predicted molar refractivity (Wildman–Crippen MR) is 32.0 cm³/mol. The molecule has 0 saturated carbocycles. The number of amides is 1. The molecule has 46 valence electrons. The van der Waals surface area contributed by atoms with Crippen LogP contribution in [0.2, 0.25) is 0 Å². The van der Waals surface area contributed by atoms with E-state index in [1.165, 1.54) is 0 Å². The molecule has 1 unspecified atom stereocenters. The third kappa shape index (κ3) is 1.75. The molecule has 0 aromatic heterocycles. The normalized spacial score (nSPS) is 12.8. The molecule has 0 aromatic rings. The van der Waals surface area contributed by atoms with Gasteiger partial charge in [-0.2, -0.15) is 0 Å². The van der Waals surface area contributed by atoms with Gasteiger partial charge in [-0.15, -0.1) is 0 Å². The third-order valence-electron chi connectivity index (χ3n) is 0.866. The molecule has 0 fully saturated rings. The first-order valence-electron chi connectivity index (χ1n) is 2.30. The molecule has 0 saturated heterocycles. The van der Waals surface area contributed by atoms with Gasteiger partial charge in [0.15, 0.2) is 0 Å². The van der Waals surface area contributed by atoms with Crippen molar-refractivity contribution >= 4 is 5.91 Å². The fourth-order valence-corrected chi connectivity index (χ4v) is 0.224. The van der Waals surface area contributed by atoms with Crippen molar-refractivity contribution in [3.05, 3.63) is 12.2 Å². The van der Waals surface area contributed by atoms with Gasteiger partial charge in [0.2, 0.25) is 5.91 Å². The van der Waals surface area contributed by atoms with E-state index in [0.29, 0.717) is 0 Å². The first-order chi connectivity index (χ1) is 3.55. The highest BCUT2D eigenvalue weighted by atomic mass is 16.1. The van der Waals surface area contributed by atoms with E-state index >= 15 is 0 Å². The Balaban J connectivity index is 3.84. The highest BCUT2D eigenvalue weighted by Gasteiger charge is 2.04. The van der Waals surface area contributed by atoms with E-state index in [-0.39, 0.29) is 11.6 Å². The summed E-state index contributed by atoms with van der Waals surface area (Å²) in [6.07, 6.45) is 0. The molecule has 0 aliphatic heterocycles. The number of carbonyl (C=O) groups is 1. The van der Waals surface area contributed by atoms with Crippen LogP contribution in [0, 0.1) is 0 Å². The molecule has 0 spiro atoms. The van der Waals surface area contributed by atoms with E-state index in [0.717, 1.165) is 0 Å². The van der Waals surface area contributed by atoms with Crippen LogP contribution in [0.1, 0.15) is 6.92 Å². The zero-order valence-corrected chi connectivity index (χ0v) is 4.85. The van der Waals surface area contributed by atoms with Gasteiger partial charge in [0.05, 0.1) is 0 Å². The van der Waals surface area contributed by atoms with Gasteiger partial charge >= 0.3 is 0 Å². The van der Waals surface area contributed by atoms with Crippen LogP contribution in [0.4, 0.5) is 0 Å². The third-order valence-corrected chi connectivity index (χ3v) is 0.866. The molecule has 8 heavy (non-hydrogen) atoms.